The minimum Gasteiger partial charge on any atom is -0.293 e. The van der Waals surface area contributed by atoms with E-state index in [-0.39, 0.29) is 0 Å². The second-order valence-corrected chi connectivity index (χ2v) is 2.58. The van der Waals surface area contributed by atoms with Crippen molar-refractivity contribution < 1.29 is 0 Å². The zero-order chi connectivity index (χ0) is 10.5. The Kier molecular flexibility index (Phi) is 16.2. The fourth-order valence-electron chi connectivity index (χ4n) is 0.958. The van der Waals surface area contributed by atoms with E-state index in [9.17, 15) is 0 Å². The molecule has 0 atom stereocenters. The molecule has 0 N–H and O–H groups in total. The molecule has 0 aromatic heterocycles. The summed E-state index contributed by atoms with van der Waals surface area (Å²) in [6.07, 6.45) is 2.20. The number of nitrogens with zero attached hydrogens (tertiary/aromatic N) is 1. The van der Waals surface area contributed by atoms with E-state index in [1.54, 1.807) is 0 Å². The van der Waals surface area contributed by atoms with E-state index in [1.807, 2.05) is 13.8 Å². The summed E-state index contributed by atoms with van der Waals surface area (Å²) in [6.45, 7) is 13.7. The van der Waals surface area contributed by atoms with Crippen molar-refractivity contribution in [3.63, 3.8) is 0 Å². The van der Waals surface area contributed by atoms with Crippen LogP contribution in [0.5, 0.6) is 0 Å². The summed E-state index contributed by atoms with van der Waals surface area (Å²) in [5.41, 5.74) is 0. The zero-order valence-corrected chi connectivity index (χ0v) is 9.98. The fraction of sp³-hybridized carbons (Fsp3) is 0.833. The van der Waals surface area contributed by atoms with Crippen molar-refractivity contribution in [3.8, 4) is 11.8 Å². The van der Waals surface area contributed by atoms with Gasteiger partial charge in [0.25, 0.3) is 0 Å². The van der Waals surface area contributed by atoms with Crippen LogP contribution >= 0.6 is 0 Å². The van der Waals surface area contributed by atoms with Crippen molar-refractivity contribution in [1.29, 1.82) is 0 Å². The lowest BCUT2D eigenvalue weighted by atomic mass is 10.4. The van der Waals surface area contributed by atoms with Gasteiger partial charge in [-0.2, -0.15) is 0 Å². The van der Waals surface area contributed by atoms with Gasteiger partial charge in [0.05, 0.1) is 6.54 Å². The van der Waals surface area contributed by atoms with Gasteiger partial charge in [-0.05, 0) is 19.5 Å². The quantitative estimate of drug-likeness (QED) is 0.605. The van der Waals surface area contributed by atoms with E-state index in [1.165, 1.54) is 13.0 Å². The third-order valence-corrected chi connectivity index (χ3v) is 1.59. The highest BCUT2D eigenvalue weighted by Gasteiger charge is 1.95. The van der Waals surface area contributed by atoms with E-state index in [4.69, 9.17) is 0 Å². The Morgan fingerprint density at radius 1 is 1.00 bits per heavy atom. The molecule has 0 rings (SSSR count). The average molecular weight is 183 g/mol. The predicted octanol–water partition coefficient (Wildman–Crippen LogP) is 3.16. The maximum absolute atomic E-state index is 3.15. The van der Waals surface area contributed by atoms with Gasteiger partial charge in [0.15, 0.2) is 0 Å². The van der Waals surface area contributed by atoms with Crippen LogP contribution in [0.4, 0.5) is 0 Å². The highest BCUT2D eigenvalue weighted by molar-refractivity contribution is 5.00. The fourth-order valence-corrected chi connectivity index (χ4v) is 0.958. The lowest BCUT2D eigenvalue weighted by Gasteiger charge is -2.15. The van der Waals surface area contributed by atoms with E-state index < -0.39 is 0 Å². The first-order valence-corrected chi connectivity index (χ1v) is 5.53. The monoisotopic (exact) mass is 183 g/mol. The molecular weight excluding hydrogens is 158 g/mol. The molecule has 0 spiro atoms. The molecule has 0 saturated heterocycles. The minimum atomic E-state index is 0.943. The molecule has 13 heavy (non-hydrogen) atoms. The van der Waals surface area contributed by atoms with Crippen LogP contribution in [-0.4, -0.2) is 24.5 Å². The Bertz CT molecular complexity index is 130. The first-order valence-electron chi connectivity index (χ1n) is 5.53. The molecule has 0 heterocycles. The summed E-state index contributed by atoms with van der Waals surface area (Å²) in [4.78, 5) is 2.36. The van der Waals surface area contributed by atoms with E-state index in [0.717, 1.165) is 19.5 Å². The molecule has 0 aromatic carbocycles. The van der Waals surface area contributed by atoms with E-state index in [0.29, 0.717) is 0 Å². The third kappa shape index (κ3) is 11.5. The van der Waals surface area contributed by atoms with Crippen LogP contribution in [0.1, 0.15) is 47.5 Å². The van der Waals surface area contributed by atoms with E-state index >= 15 is 0 Å². The Balaban J connectivity index is 0. The first-order chi connectivity index (χ1) is 6.35. The molecule has 78 valence electrons. The van der Waals surface area contributed by atoms with Gasteiger partial charge in [-0.1, -0.05) is 40.5 Å². The normalized spacial score (nSPS) is 8.46. The summed E-state index contributed by atoms with van der Waals surface area (Å²) in [5.74, 6) is 6.23. The van der Waals surface area contributed by atoms with Crippen molar-refractivity contribution in [2.45, 2.75) is 47.5 Å². The molecule has 0 unspecified atom stereocenters. The van der Waals surface area contributed by atoms with Crippen LogP contribution in [0.25, 0.3) is 0 Å². The van der Waals surface area contributed by atoms with Crippen molar-refractivity contribution in [2.75, 3.05) is 19.6 Å². The lowest BCUT2D eigenvalue weighted by Crippen LogP contribution is -2.24. The molecule has 0 saturated carbocycles. The molecule has 0 aliphatic carbocycles. The Morgan fingerprint density at radius 2 is 1.62 bits per heavy atom. The summed E-state index contributed by atoms with van der Waals surface area (Å²) in [7, 11) is 0. The van der Waals surface area contributed by atoms with Gasteiger partial charge in [-0.15, -0.1) is 5.92 Å². The van der Waals surface area contributed by atoms with Gasteiger partial charge >= 0.3 is 0 Å². The summed E-state index contributed by atoms with van der Waals surface area (Å²) in [5, 5.41) is 0. The van der Waals surface area contributed by atoms with Crippen molar-refractivity contribution in [3.05, 3.63) is 0 Å². The number of rotatable bonds is 4. The van der Waals surface area contributed by atoms with Crippen LogP contribution < -0.4 is 0 Å². The summed E-state index contributed by atoms with van der Waals surface area (Å²) >= 11 is 0. The topological polar surface area (TPSA) is 3.24 Å². The minimum absolute atomic E-state index is 0.943. The van der Waals surface area contributed by atoms with Crippen LogP contribution in [0.15, 0.2) is 0 Å². The molecule has 0 aliphatic heterocycles. The summed E-state index contributed by atoms with van der Waals surface area (Å²) in [6, 6.07) is 0. The van der Waals surface area contributed by atoms with Crippen LogP contribution in [0.2, 0.25) is 0 Å². The zero-order valence-electron chi connectivity index (χ0n) is 9.98. The van der Waals surface area contributed by atoms with Gasteiger partial charge in [-0.25, -0.2) is 0 Å². The highest BCUT2D eigenvalue weighted by atomic mass is 15.1. The largest absolute Gasteiger partial charge is 0.293 e. The molecule has 0 bridgehead atoms. The first kappa shape index (κ1) is 15.0. The van der Waals surface area contributed by atoms with Crippen LogP contribution in [-0.2, 0) is 0 Å². The molecule has 0 radical (unpaired) electrons. The molecule has 1 nitrogen and oxygen atoms in total. The van der Waals surface area contributed by atoms with Crippen molar-refractivity contribution in [1.82, 2.24) is 4.90 Å². The molecule has 0 amide bonds. The Hall–Kier alpha value is -0.480. The Labute approximate surface area is 84.5 Å². The molecule has 0 fully saturated rings. The number of hydrogen-bond acceptors (Lipinski definition) is 1. The second kappa shape index (κ2) is 14.1. The second-order valence-electron chi connectivity index (χ2n) is 2.58. The van der Waals surface area contributed by atoms with Crippen LogP contribution in [0, 0.1) is 11.8 Å². The average Bonchev–Trinajstić information content (AvgIpc) is 2.20. The van der Waals surface area contributed by atoms with Gasteiger partial charge in [0, 0.05) is 6.42 Å². The smallest absolute Gasteiger partial charge is 0.0601 e. The molecule has 0 aliphatic rings. The van der Waals surface area contributed by atoms with Gasteiger partial charge in [0.2, 0.25) is 0 Å². The third-order valence-electron chi connectivity index (χ3n) is 1.59. The molecule has 0 aromatic rings. The van der Waals surface area contributed by atoms with E-state index in [2.05, 4.69) is 37.5 Å². The highest BCUT2D eigenvalue weighted by Crippen LogP contribution is 1.88. The maximum Gasteiger partial charge on any atom is 0.0601 e. The summed E-state index contributed by atoms with van der Waals surface area (Å²) < 4.78 is 0. The molecular formula is C12H25N. The van der Waals surface area contributed by atoms with Gasteiger partial charge < -0.3 is 0 Å². The SMILES string of the molecule is CC.CCC#CCN(CC)CCC. The van der Waals surface area contributed by atoms with Gasteiger partial charge in [-0.3, -0.25) is 4.90 Å². The lowest BCUT2D eigenvalue weighted by molar-refractivity contribution is 0.324. The predicted molar refractivity (Wildman–Crippen MR) is 61.8 cm³/mol. The van der Waals surface area contributed by atoms with Crippen molar-refractivity contribution in [2.24, 2.45) is 0 Å². The van der Waals surface area contributed by atoms with Crippen LogP contribution in [0.3, 0.4) is 0 Å². The van der Waals surface area contributed by atoms with Crippen molar-refractivity contribution >= 4 is 0 Å². The standard InChI is InChI=1S/C10H19N.C2H6/c1-4-7-8-10-11(6-3)9-5-2;1-2/h4-6,9-10H2,1-3H3;1-2H3. The number of hydrogen-bond donors (Lipinski definition) is 0. The Morgan fingerprint density at radius 3 is 2.00 bits per heavy atom. The maximum atomic E-state index is 3.15. The van der Waals surface area contributed by atoms with Gasteiger partial charge in [0.1, 0.15) is 0 Å². The molecule has 1 heteroatoms.